The summed E-state index contributed by atoms with van der Waals surface area (Å²) < 4.78 is 0. The number of urea groups is 1. The van der Waals surface area contributed by atoms with Crippen molar-refractivity contribution in [3.63, 3.8) is 0 Å². The minimum absolute atomic E-state index is 0.0212. The second kappa shape index (κ2) is 8.43. The van der Waals surface area contributed by atoms with Gasteiger partial charge in [-0.15, -0.1) is 11.8 Å². The van der Waals surface area contributed by atoms with E-state index >= 15 is 0 Å². The van der Waals surface area contributed by atoms with Gasteiger partial charge < -0.3 is 10.4 Å². The molecular formula is C13H24N2O3S. The smallest absolute Gasteiger partial charge is 0.321 e. The van der Waals surface area contributed by atoms with Crippen LogP contribution in [-0.4, -0.2) is 40.2 Å². The van der Waals surface area contributed by atoms with Gasteiger partial charge in [-0.1, -0.05) is 26.2 Å². The van der Waals surface area contributed by atoms with Crippen LogP contribution in [0.1, 0.15) is 46.0 Å². The highest BCUT2D eigenvalue weighted by molar-refractivity contribution is 8.00. The first-order valence-electron chi connectivity index (χ1n) is 6.89. The molecule has 0 aromatic carbocycles. The van der Waals surface area contributed by atoms with Gasteiger partial charge in [-0.2, -0.15) is 0 Å². The predicted octanol–water partition coefficient (Wildman–Crippen LogP) is 1.65. The quantitative estimate of drug-likeness (QED) is 0.719. The van der Waals surface area contributed by atoms with E-state index in [9.17, 15) is 14.7 Å². The Morgan fingerprint density at radius 3 is 2.47 bits per heavy atom. The summed E-state index contributed by atoms with van der Waals surface area (Å²) in [6, 6.07) is -0.201. The number of aliphatic hydroxyl groups is 1. The Labute approximate surface area is 118 Å². The van der Waals surface area contributed by atoms with E-state index in [1.54, 1.807) is 6.92 Å². The van der Waals surface area contributed by atoms with Crippen molar-refractivity contribution in [2.75, 3.05) is 5.75 Å². The molecule has 5 nitrogen and oxygen atoms in total. The van der Waals surface area contributed by atoms with E-state index in [4.69, 9.17) is 0 Å². The van der Waals surface area contributed by atoms with Crippen molar-refractivity contribution in [2.24, 2.45) is 0 Å². The maximum atomic E-state index is 11.6. The van der Waals surface area contributed by atoms with Crippen molar-refractivity contribution in [1.82, 2.24) is 10.6 Å². The first kappa shape index (κ1) is 16.3. The molecule has 1 rings (SSSR count). The molecule has 0 aromatic rings. The van der Waals surface area contributed by atoms with E-state index in [1.165, 1.54) is 18.2 Å². The number of imide groups is 1. The van der Waals surface area contributed by atoms with Gasteiger partial charge in [-0.3, -0.25) is 10.1 Å². The number of thioether (sulfide) groups is 1. The van der Waals surface area contributed by atoms with E-state index in [0.717, 1.165) is 25.7 Å². The number of aliphatic hydroxyl groups excluding tert-OH is 1. The number of rotatable bonds is 5. The normalized spacial score (nSPS) is 19.5. The third-order valence-electron chi connectivity index (χ3n) is 3.35. The lowest BCUT2D eigenvalue weighted by Crippen LogP contribution is -2.45. The molecule has 1 aliphatic carbocycles. The summed E-state index contributed by atoms with van der Waals surface area (Å²) in [5.41, 5.74) is 0. The van der Waals surface area contributed by atoms with E-state index in [1.807, 2.05) is 6.92 Å². The third kappa shape index (κ3) is 6.82. The fourth-order valence-corrected chi connectivity index (χ4v) is 2.74. The summed E-state index contributed by atoms with van der Waals surface area (Å²) in [5.74, 6) is -0.129. The molecule has 19 heavy (non-hydrogen) atoms. The van der Waals surface area contributed by atoms with E-state index in [0.29, 0.717) is 0 Å². The standard InChI is InChI=1S/C13H24N2O3S/c1-9(16)10(2)19-8-12(17)15-13(18)14-11-6-4-3-5-7-11/h9-11,16H,3-8H2,1-2H3,(H2,14,15,17,18). The average Bonchev–Trinajstić information content (AvgIpc) is 2.36. The van der Waals surface area contributed by atoms with Crippen LogP contribution in [0.2, 0.25) is 0 Å². The zero-order valence-electron chi connectivity index (χ0n) is 11.6. The number of carbonyl (C=O) groups excluding carboxylic acids is 2. The second-order valence-electron chi connectivity index (χ2n) is 5.11. The SMILES string of the molecule is CC(O)C(C)SCC(=O)NC(=O)NC1CCCCC1. The number of amides is 3. The lowest BCUT2D eigenvalue weighted by Gasteiger charge is -2.22. The van der Waals surface area contributed by atoms with Crippen molar-refractivity contribution in [3.8, 4) is 0 Å². The highest BCUT2D eigenvalue weighted by Crippen LogP contribution is 2.17. The molecule has 0 heterocycles. The Morgan fingerprint density at radius 1 is 1.26 bits per heavy atom. The first-order chi connectivity index (χ1) is 8.99. The van der Waals surface area contributed by atoms with Gasteiger partial charge in [0, 0.05) is 11.3 Å². The van der Waals surface area contributed by atoms with E-state index in [-0.39, 0.29) is 23.0 Å². The largest absolute Gasteiger partial charge is 0.392 e. The Morgan fingerprint density at radius 2 is 1.89 bits per heavy atom. The molecular weight excluding hydrogens is 264 g/mol. The first-order valence-corrected chi connectivity index (χ1v) is 7.94. The lowest BCUT2D eigenvalue weighted by atomic mass is 9.96. The number of carbonyl (C=O) groups is 2. The van der Waals surface area contributed by atoms with Crippen molar-refractivity contribution >= 4 is 23.7 Å². The zero-order chi connectivity index (χ0) is 14.3. The van der Waals surface area contributed by atoms with Gasteiger partial charge in [0.2, 0.25) is 5.91 Å². The van der Waals surface area contributed by atoms with Crippen LogP contribution >= 0.6 is 11.8 Å². The summed E-state index contributed by atoms with van der Waals surface area (Å²) in [6.07, 6.45) is 5.03. The van der Waals surface area contributed by atoms with Gasteiger partial charge in [-0.05, 0) is 19.8 Å². The molecule has 2 atom stereocenters. The van der Waals surface area contributed by atoms with Crippen LogP contribution in [0.4, 0.5) is 4.79 Å². The topological polar surface area (TPSA) is 78.4 Å². The van der Waals surface area contributed by atoms with Crippen LogP contribution < -0.4 is 10.6 Å². The van der Waals surface area contributed by atoms with E-state index < -0.39 is 12.1 Å². The molecule has 3 N–H and O–H groups in total. The van der Waals surface area contributed by atoms with Crippen LogP contribution in [0, 0.1) is 0 Å². The molecule has 0 aromatic heterocycles. The Balaban J connectivity index is 2.18. The molecule has 3 amide bonds. The molecule has 6 heteroatoms. The maximum Gasteiger partial charge on any atom is 0.321 e. The molecule has 1 aliphatic rings. The van der Waals surface area contributed by atoms with Gasteiger partial charge in [0.05, 0.1) is 11.9 Å². The summed E-state index contributed by atoms with van der Waals surface area (Å²) in [7, 11) is 0. The van der Waals surface area contributed by atoms with E-state index in [2.05, 4.69) is 10.6 Å². The minimum Gasteiger partial charge on any atom is -0.392 e. The molecule has 1 saturated carbocycles. The summed E-state index contributed by atoms with van der Waals surface area (Å²) in [5, 5.41) is 14.4. The van der Waals surface area contributed by atoms with Crippen molar-refractivity contribution < 1.29 is 14.7 Å². The maximum absolute atomic E-state index is 11.6. The second-order valence-corrected chi connectivity index (χ2v) is 6.48. The van der Waals surface area contributed by atoms with Gasteiger partial charge >= 0.3 is 6.03 Å². The summed E-state index contributed by atoms with van der Waals surface area (Å²) >= 11 is 1.34. The molecule has 0 bridgehead atoms. The summed E-state index contributed by atoms with van der Waals surface area (Å²) in [6.45, 7) is 3.54. The number of hydrogen-bond donors (Lipinski definition) is 3. The van der Waals surface area contributed by atoms with Gasteiger partial charge in [0.25, 0.3) is 0 Å². The van der Waals surface area contributed by atoms with Crippen LogP contribution in [0.25, 0.3) is 0 Å². The van der Waals surface area contributed by atoms with Crippen LogP contribution in [0.5, 0.6) is 0 Å². The Kier molecular flexibility index (Phi) is 7.23. The van der Waals surface area contributed by atoms with Gasteiger partial charge in [-0.25, -0.2) is 4.79 Å². The Bertz CT molecular complexity index is 304. The molecule has 0 spiro atoms. The zero-order valence-corrected chi connectivity index (χ0v) is 12.5. The fraction of sp³-hybridized carbons (Fsp3) is 0.846. The third-order valence-corrected chi connectivity index (χ3v) is 4.70. The average molecular weight is 288 g/mol. The van der Waals surface area contributed by atoms with Crippen molar-refractivity contribution in [3.05, 3.63) is 0 Å². The van der Waals surface area contributed by atoms with Crippen LogP contribution in [0.15, 0.2) is 0 Å². The molecule has 0 saturated heterocycles. The molecule has 1 fully saturated rings. The minimum atomic E-state index is -0.464. The monoisotopic (exact) mass is 288 g/mol. The Hall–Kier alpha value is -0.750. The highest BCUT2D eigenvalue weighted by atomic mass is 32.2. The predicted molar refractivity (Wildman–Crippen MR) is 77.1 cm³/mol. The molecule has 110 valence electrons. The number of hydrogen-bond acceptors (Lipinski definition) is 4. The lowest BCUT2D eigenvalue weighted by molar-refractivity contribution is -0.117. The van der Waals surface area contributed by atoms with Gasteiger partial charge in [0.1, 0.15) is 0 Å². The number of nitrogens with one attached hydrogen (secondary N) is 2. The summed E-state index contributed by atoms with van der Waals surface area (Å²) in [4.78, 5) is 23.1. The fourth-order valence-electron chi connectivity index (χ4n) is 1.98. The van der Waals surface area contributed by atoms with Crippen molar-refractivity contribution in [1.29, 1.82) is 0 Å². The van der Waals surface area contributed by atoms with Crippen LogP contribution in [0.3, 0.4) is 0 Å². The van der Waals surface area contributed by atoms with Gasteiger partial charge in [0.15, 0.2) is 0 Å². The molecule has 0 aliphatic heterocycles. The molecule has 2 unspecified atom stereocenters. The highest BCUT2D eigenvalue weighted by Gasteiger charge is 2.17. The van der Waals surface area contributed by atoms with Crippen LogP contribution in [-0.2, 0) is 4.79 Å². The van der Waals surface area contributed by atoms with Crippen molar-refractivity contribution in [2.45, 2.75) is 63.3 Å². The molecule has 0 radical (unpaired) electrons.